The molecule has 340 valence electrons. The molecule has 7 rings (SSSR count). The van der Waals surface area contributed by atoms with Crippen LogP contribution in [0.1, 0.15) is 53.1 Å². The normalized spacial score (nSPS) is 17.8. The van der Waals surface area contributed by atoms with Crippen LogP contribution in [0.3, 0.4) is 0 Å². The standard InChI is InChI=1S/C33H23ClF12N8O7S2/c1-62(57,58)51-29-24-17(34)2-3-19(26(24)53(50-29)11-31(39,40)41)54-22(56)9-21(61-63(59,60)33(44,45)46)48-30(54)18(6-12-4-13(35)7-14(36)5-12)47-20(55)10-52-27-23(25(49-52)28(37)38)15-8-16(15)32(27,42)43/h2-5,7,9,15-16,18,28H,6,8,10-11H2,1H3,(H,47,55)(H,50,51)/t15-,16+,18-/m0/s1. The molecule has 15 nitrogen and oxygen atoms in total. The molecule has 5 aromatic rings. The Hall–Kier alpha value is -5.58. The van der Waals surface area contributed by atoms with Crippen molar-refractivity contribution in [2.45, 2.75) is 61.9 Å². The summed E-state index contributed by atoms with van der Waals surface area (Å²) < 4.78 is 225. The molecule has 3 atom stereocenters. The smallest absolute Gasteiger partial charge is 0.355 e. The zero-order valence-electron chi connectivity index (χ0n) is 30.9. The number of amides is 1. The van der Waals surface area contributed by atoms with E-state index in [1.54, 1.807) is 0 Å². The second-order valence-electron chi connectivity index (χ2n) is 14.2. The summed E-state index contributed by atoms with van der Waals surface area (Å²) in [5.74, 6) is -14.1. The van der Waals surface area contributed by atoms with Crippen LogP contribution in [0.4, 0.5) is 58.5 Å². The number of hydrogen-bond donors (Lipinski definition) is 2. The number of nitrogens with zero attached hydrogens (tertiary/aromatic N) is 6. The lowest BCUT2D eigenvalue weighted by atomic mass is 10.0. The Morgan fingerprint density at radius 1 is 1.00 bits per heavy atom. The third kappa shape index (κ3) is 8.85. The van der Waals surface area contributed by atoms with Gasteiger partial charge in [0.2, 0.25) is 21.8 Å². The van der Waals surface area contributed by atoms with Gasteiger partial charge in [-0.15, -0.1) is 0 Å². The number of carbonyl (C=O) groups excluding carboxylic acids is 1. The van der Waals surface area contributed by atoms with E-state index in [-0.39, 0.29) is 26.4 Å². The third-order valence-corrected chi connectivity index (χ3v) is 11.4. The predicted molar refractivity (Wildman–Crippen MR) is 191 cm³/mol. The fraction of sp³-hybridized carbons (Fsp3) is 0.364. The monoisotopic (exact) mass is 970 g/mol. The number of rotatable bonds is 13. The maximum atomic E-state index is 15.4. The third-order valence-electron chi connectivity index (χ3n) is 9.54. The summed E-state index contributed by atoms with van der Waals surface area (Å²) in [4.78, 5) is 31.5. The molecule has 0 spiro atoms. The summed E-state index contributed by atoms with van der Waals surface area (Å²) in [6.45, 7) is -3.42. The maximum Gasteiger partial charge on any atom is 0.534 e. The number of anilines is 1. The van der Waals surface area contributed by atoms with Gasteiger partial charge in [0, 0.05) is 24.0 Å². The van der Waals surface area contributed by atoms with Crippen molar-refractivity contribution in [3.8, 4) is 11.6 Å². The number of carbonyl (C=O) groups is 1. The van der Waals surface area contributed by atoms with Crippen LogP contribution in [-0.2, 0) is 50.4 Å². The van der Waals surface area contributed by atoms with Crippen molar-refractivity contribution in [3.05, 3.63) is 91.7 Å². The quantitative estimate of drug-likeness (QED) is 0.0791. The fourth-order valence-corrected chi connectivity index (χ4v) is 8.40. The minimum atomic E-state index is -6.69. The Labute approximate surface area is 348 Å². The summed E-state index contributed by atoms with van der Waals surface area (Å²) in [6.07, 6.45) is -9.22. The van der Waals surface area contributed by atoms with Crippen LogP contribution in [0.5, 0.6) is 5.88 Å². The molecule has 0 bridgehead atoms. The number of fused-ring (bicyclic) bond motifs is 4. The van der Waals surface area contributed by atoms with Crippen molar-refractivity contribution in [1.82, 2.24) is 34.4 Å². The summed E-state index contributed by atoms with van der Waals surface area (Å²) in [7, 11) is -11.1. The summed E-state index contributed by atoms with van der Waals surface area (Å²) in [5.41, 5.74) is -12.8. The summed E-state index contributed by atoms with van der Waals surface area (Å²) >= 11 is 6.29. The molecule has 1 amide bonds. The van der Waals surface area contributed by atoms with E-state index in [0.717, 1.165) is 12.1 Å². The second kappa shape index (κ2) is 15.3. The lowest BCUT2D eigenvalue weighted by molar-refractivity contribution is -0.141. The van der Waals surface area contributed by atoms with Gasteiger partial charge in [0.15, 0.2) is 5.82 Å². The van der Waals surface area contributed by atoms with Gasteiger partial charge in [-0.25, -0.2) is 26.0 Å². The number of hydrogen-bond acceptors (Lipinski definition) is 10. The molecule has 2 N–H and O–H groups in total. The van der Waals surface area contributed by atoms with Crippen LogP contribution in [0.2, 0.25) is 5.02 Å². The number of alkyl halides is 10. The van der Waals surface area contributed by atoms with Gasteiger partial charge in [0.1, 0.15) is 41.9 Å². The first-order chi connectivity index (χ1) is 29.0. The molecule has 30 heteroatoms. The van der Waals surface area contributed by atoms with E-state index in [2.05, 4.69) is 24.7 Å². The fourth-order valence-electron chi connectivity index (χ4n) is 7.26. The van der Waals surface area contributed by atoms with Crippen LogP contribution in [0.25, 0.3) is 16.6 Å². The van der Waals surface area contributed by atoms with Gasteiger partial charge < -0.3 is 9.50 Å². The van der Waals surface area contributed by atoms with Crippen LogP contribution >= 0.6 is 11.6 Å². The molecular weight excluding hydrogens is 948 g/mol. The van der Waals surface area contributed by atoms with Crippen molar-refractivity contribution in [2.75, 3.05) is 11.0 Å². The highest BCUT2D eigenvalue weighted by Crippen LogP contribution is 2.68. The van der Waals surface area contributed by atoms with E-state index in [1.807, 2.05) is 4.72 Å². The maximum absolute atomic E-state index is 15.4. The molecule has 0 radical (unpaired) electrons. The lowest BCUT2D eigenvalue weighted by Gasteiger charge is -2.24. The lowest BCUT2D eigenvalue weighted by Crippen LogP contribution is -2.38. The van der Waals surface area contributed by atoms with Crippen molar-refractivity contribution < 1.29 is 78.5 Å². The Bertz CT molecular complexity index is 2970. The van der Waals surface area contributed by atoms with Gasteiger partial charge in [-0.2, -0.15) is 58.7 Å². The van der Waals surface area contributed by atoms with E-state index in [1.165, 1.54) is 0 Å². The van der Waals surface area contributed by atoms with Gasteiger partial charge in [-0.3, -0.25) is 28.2 Å². The molecule has 2 aliphatic carbocycles. The average molecular weight is 971 g/mol. The predicted octanol–water partition coefficient (Wildman–Crippen LogP) is 6.12. The highest BCUT2D eigenvalue weighted by atomic mass is 35.5. The van der Waals surface area contributed by atoms with Crippen LogP contribution < -0.4 is 19.8 Å². The zero-order valence-corrected chi connectivity index (χ0v) is 33.3. The number of aromatic nitrogens is 6. The largest absolute Gasteiger partial charge is 0.534 e. The second-order valence-corrected chi connectivity index (χ2v) is 17.9. The summed E-state index contributed by atoms with van der Waals surface area (Å²) in [5, 5.41) is 8.05. The van der Waals surface area contributed by atoms with Gasteiger partial charge in [0.25, 0.3) is 17.9 Å². The number of sulfonamides is 1. The van der Waals surface area contributed by atoms with Gasteiger partial charge in [-0.05, 0) is 42.2 Å². The highest BCUT2D eigenvalue weighted by Gasteiger charge is 2.67. The highest BCUT2D eigenvalue weighted by molar-refractivity contribution is 7.92. The van der Waals surface area contributed by atoms with Crippen molar-refractivity contribution in [1.29, 1.82) is 0 Å². The molecule has 63 heavy (non-hydrogen) atoms. The first kappa shape index (κ1) is 45.4. The number of benzene rings is 2. The van der Waals surface area contributed by atoms with E-state index >= 15 is 8.78 Å². The van der Waals surface area contributed by atoms with E-state index in [0.29, 0.717) is 24.5 Å². The Kier molecular flexibility index (Phi) is 11.0. The van der Waals surface area contributed by atoms with E-state index in [4.69, 9.17) is 11.6 Å². The first-order valence-corrected chi connectivity index (χ1v) is 21.0. The average Bonchev–Trinajstić information content (AvgIpc) is 3.64. The Balaban J connectivity index is 1.47. The van der Waals surface area contributed by atoms with E-state index in [9.17, 15) is 70.3 Å². The molecule has 0 saturated heterocycles. The number of halogens is 13. The molecule has 2 aromatic carbocycles. The first-order valence-electron chi connectivity index (χ1n) is 17.4. The molecule has 0 unspecified atom stereocenters. The van der Waals surface area contributed by atoms with Gasteiger partial charge in [0.05, 0.1) is 40.0 Å². The number of nitrogens with one attached hydrogen (secondary N) is 2. The molecular formula is C33H23ClF12N8O7S2. The van der Waals surface area contributed by atoms with Gasteiger partial charge >= 0.3 is 21.8 Å². The minimum absolute atomic E-state index is 0.0135. The van der Waals surface area contributed by atoms with Crippen molar-refractivity contribution >= 4 is 54.4 Å². The molecule has 3 aromatic heterocycles. The molecule has 1 fully saturated rings. The minimum Gasteiger partial charge on any atom is -0.355 e. The Morgan fingerprint density at radius 2 is 1.65 bits per heavy atom. The van der Waals surface area contributed by atoms with E-state index < -0.39 is 166 Å². The zero-order chi connectivity index (χ0) is 46.5. The van der Waals surface area contributed by atoms with Crippen molar-refractivity contribution in [3.63, 3.8) is 0 Å². The van der Waals surface area contributed by atoms with Crippen LogP contribution in [0.15, 0.2) is 41.2 Å². The molecule has 2 aliphatic rings. The van der Waals surface area contributed by atoms with Crippen LogP contribution in [-0.4, -0.2) is 69.8 Å². The molecule has 0 aliphatic heterocycles. The van der Waals surface area contributed by atoms with Crippen LogP contribution in [0, 0.1) is 17.6 Å². The molecule has 3 heterocycles. The summed E-state index contributed by atoms with van der Waals surface area (Å²) in [6, 6.07) is 0.970. The SMILES string of the molecule is CS(=O)(=O)Nc1nn(CC(F)(F)F)c2c(-n3c([C@H](Cc4cc(F)cc(F)c4)NC(=O)Cn4nc(C(F)F)c5c4C(F)(F)[C@@H]4C[C@H]54)nc(OS(=O)(=O)C(F)(F)F)cc3=O)ccc(Cl)c12. The van der Waals surface area contributed by atoms with Gasteiger partial charge in [-0.1, -0.05) is 11.6 Å². The Morgan fingerprint density at radius 3 is 2.24 bits per heavy atom. The molecule has 1 saturated carbocycles. The van der Waals surface area contributed by atoms with Crippen molar-refractivity contribution in [2.24, 2.45) is 5.92 Å². The topological polar surface area (TPSA) is 189 Å².